The lowest BCUT2D eigenvalue weighted by Crippen LogP contribution is -2.28. The van der Waals surface area contributed by atoms with Gasteiger partial charge in [0.15, 0.2) is 0 Å². The molecule has 0 unspecified atom stereocenters. The number of nitrogens with one attached hydrogen (secondary N) is 2. The first-order valence-electron chi connectivity index (χ1n) is 12.7. The zero-order valence-corrected chi connectivity index (χ0v) is 21.4. The summed E-state index contributed by atoms with van der Waals surface area (Å²) in [5.74, 6) is 2.75. The number of nitrogens with zero attached hydrogens (tertiary/aromatic N) is 5. The van der Waals surface area contributed by atoms with Crippen LogP contribution in [0.25, 0.3) is 10.9 Å². The molecule has 0 aliphatic rings. The van der Waals surface area contributed by atoms with E-state index in [2.05, 4.69) is 63.5 Å². The van der Waals surface area contributed by atoms with Crippen LogP contribution in [0.5, 0.6) is 5.75 Å². The molecule has 4 rings (SSSR count). The lowest BCUT2D eigenvalue weighted by Gasteiger charge is -2.22. The lowest BCUT2D eigenvalue weighted by molar-refractivity contribution is 0.415. The second kappa shape index (κ2) is 12.7. The molecule has 36 heavy (non-hydrogen) atoms. The van der Waals surface area contributed by atoms with Crippen LogP contribution in [0.3, 0.4) is 0 Å². The molecule has 0 bridgehead atoms. The number of hydrogen-bond acceptors (Lipinski definition) is 7. The predicted octanol–water partition coefficient (Wildman–Crippen LogP) is 5.61. The largest absolute Gasteiger partial charge is 0.497 e. The SMILES string of the molecule is CCCN(CCC)c1nc(CCCc2ccccc2)nc(N/N=C/c2c[nH]c3ccc(OC)cc23)n1. The molecule has 0 saturated carbocycles. The smallest absolute Gasteiger partial charge is 0.248 e. The molecule has 0 fully saturated rings. The molecule has 0 aliphatic carbocycles. The first kappa shape index (κ1) is 25.2. The van der Waals surface area contributed by atoms with E-state index >= 15 is 0 Å². The molecular weight excluding hydrogens is 450 g/mol. The van der Waals surface area contributed by atoms with Crippen LogP contribution in [0.15, 0.2) is 59.8 Å². The van der Waals surface area contributed by atoms with E-state index in [-0.39, 0.29) is 0 Å². The number of aryl methyl sites for hydroxylation is 2. The summed E-state index contributed by atoms with van der Waals surface area (Å²) in [6, 6.07) is 16.4. The number of methoxy groups -OCH3 is 1. The van der Waals surface area contributed by atoms with Gasteiger partial charge in [0.1, 0.15) is 11.6 Å². The molecule has 0 saturated heterocycles. The van der Waals surface area contributed by atoms with Gasteiger partial charge < -0.3 is 14.6 Å². The van der Waals surface area contributed by atoms with E-state index in [9.17, 15) is 0 Å². The van der Waals surface area contributed by atoms with Crippen molar-refractivity contribution < 1.29 is 4.74 Å². The van der Waals surface area contributed by atoms with Gasteiger partial charge in [0.2, 0.25) is 11.9 Å². The lowest BCUT2D eigenvalue weighted by atomic mass is 10.1. The molecule has 8 heteroatoms. The van der Waals surface area contributed by atoms with Crippen molar-refractivity contribution in [2.24, 2.45) is 5.10 Å². The maximum atomic E-state index is 5.36. The zero-order valence-electron chi connectivity index (χ0n) is 21.4. The number of hydrogen-bond donors (Lipinski definition) is 2. The van der Waals surface area contributed by atoms with Gasteiger partial charge in [0.25, 0.3) is 0 Å². The van der Waals surface area contributed by atoms with Crippen molar-refractivity contribution in [2.45, 2.75) is 46.0 Å². The van der Waals surface area contributed by atoms with Gasteiger partial charge in [0.05, 0.1) is 13.3 Å². The summed E-state index contributed by atoms with van der Waals surface area (Å²) in [6.45, 7) is 6.15. The molecule has 0 atom stereocenters. The Morgan fingerprint density at radius 3 is 2.56 bits per heavy atom. The maximum Gasteiger partial charge on any atom is 0.248 e. The Bertz CT molecular complexity index is 1260. The van der Waals surface area contributed by atoms with E-state index in [1.165, 1.54) is 5.56 Å². The monoisotopic (exact) mass is 485 g/mol. The van der Waals surface area contributed by atoms with Crippen molar-refractivity contribution in [2.75, 3.05) is 30.5 Å². The fourth-order valence-corrected chi connectivity index (χ4v) is 4.17. The van der Waals surface area contributed by atoms with Crippen LogP contribution in [-0.4, -0.2) is 46.3 Å². The third-order valence-corrected chi connectivity index (χ3v) is 5.94. The fourth-order valence-electron chi connectivity index (χ4n) is 4.17. The highest BCUT2D eigenvalue weighted by atomic mass is 16.5. The molecule has 8 nitrogen and oxygen atoms in total. The number of fused-ring (bicyclic) bond motifs is 1. The Kier molecular flexibility index (Phi) is 8.86. The summed E-state index contributed by atoms with van der Waals surface area (Å²) >= 11 is 0. The van der Waals surface area contributed by atoms with E-state index in [1.807, 2.05) is 30.5 Å². The summed E-state index contributed by atoms with van der Waals surface area (Å²) < 4.78 is 5.36. The van der Waals surface area contributed by atoms with E-state index in [4.69, 9.17) is 14.7 Å². The van der Waals surface area contributed by atoms with Crippen LogP contribution in [-0.2, 0) is 12.8 Å². The van der Waals surface area contributed by atoms with Gasteiger partial charge in [-0.05, 0) is 49.4 Å². The van der Waals surface area contributed by atoms with Crippen molar-refractivity contribution in [3.05, 3.63) is 71.7 Å². The minimum atomic E-state index is 0.459. The third kappa shape index (κ3) is 6.59. The molecule has 188 valence electrons. The molecule has 2 N–H and O–H groups in total. The van der Waals surface area contributed by atoms with Crippen molar-refractivity contribution in [3.63, 3.8) is 0 Å². The normalized spacial score (nSPS) is 11.3. The van der Waals surface area contributed by atoms with E-state index in [0.717, 1.165) is 73.2 Å². The Labute approximate surface area is 212 Å². The van der Waals surface area contributed by atoms with Crippen LogP contribution in [0.1, 0.15) is 50.1 Å². The topological polar surface area (TPSA) is 91.3 Å². The number of hydrazone groups is 1. The van der Waals surface area contributed by atoms with E-state index < -0.39 is 0 Å². The summed E-state index contributed by atoms with van der Waals surface area (Å²) in [5.41, 5.74) is 6.34. The Morgan fingerprint density at radius 2 is 1.81 bits per heavy atom. The van der Waals surface area contributed by atoms with Gasteiger partial charge in [-0.2, -0.15) is 20.1 Å². The number of anilines is 2. The highest BCUT2D eigenvalue weighted by Crippen LogP contribution is 2.22. The van der Waals surface area contributed by atoms with E-state index in [0.29, 0.717) is 11.9 Å². The summed E-state index contributed by atoms with van der Waals surface area (Å²) in [7, 11) is 1.67. The van der Waals surface area contributed by atoms with Gasteiger partial charge in [-0.1, -0.05) is 44.2 Å². The number of H-pyrrole nitrogens is 1. The second-order valence-electron chi connectivity index (χ2n) is 8.73. The van der Waals surface area contributed by atoms with E-state index in [1.54, 1.807) is 13.3 Å². The second-order valence-corrected chi connectivity index (χ2v) is 8.73. The van der Waals surface area contributed by atoms with Gasteiger partial charge >= 0.3 is 0 Å². The molecule has 4 aromatic rings. The van der Waals surface area contributed by atoms with Gasteiger partial charge in [-0.3, -0.25) is 0 Å². The van der Waals surface area contributed by atoms with Crippen LogP contribution < -0.4 is 15.1 Å². The van der Waals surface area contributed by atoms with Gasteiger partial charge in [-0.15, -0.1) is 0 Å². The molecule has 0 spiro atoms. The highest BCUT2D eigenvalue weighted by Gasteiger charge is 2.13. The molecule has 0 aliphatic heterocycles. The van der Waals surface area contributed by atoms with Crippen molar-refractivity contribution in [1.29, 1.82) is 0 Å². The predicted molar refractivity (Wildman–Crippen MR) is 147 cm³/mol. The fraction of sp³-hybridized carbons (Fsp3) is 0.357. The number of rotatable bonds is 13. The Morgan fingerprint density at radius 1 is 1.00 bits per heavy atom. The number of aromatic amines is 1. The molecule has 0 radical (unpaired) electrons. The van der Waals surface area contributed by atoms with Crippen LogP contribution >= 0.6 is 0 Å². The highest BCUT2D eigenvalue weighted by molar-refractivity contribution is 5.99. The van der Waals surface area contributed by atoms with Crippen molar-refractivity contribution >= 4 is 29.0 Å². The summed E-state index contributed by atoms with van der Waals surface area (Å²) in [6.07, 6.45) is 8.48. The quantitative estimate of drug-likeness (QED) is 0.189. The minimum Gasteiger partial charge on any atom is -0.497 e. The van der Waals surface area contributed by atoms with Gasteiger partial charge in [0, 0.05) is 42.2 Å². The molecule has 2 aromatic carbocycles. The first-order valence-corrected chi connectivity index (χ1v) is 12.7. The van der Waals surface area contributed by atoms with Crippen LogP contribution in [0.4, 0.5) is 11.9 Å². The minimum absolute atomic E-state index is 0.459. The summed E-state index contributed by atoms with van der Waals surface area (Å²) in [5, 5.41) is 5.48. The molecule has 2 heterocycles. The maximum absolute atomic E-state index is 5.36. The number of benzene rings is 2. The van der Waals surface area contributed by atoms with Crippen LogP contribution in [0.2, 0.25) is 0 Å². The summed E-state index contributed by atoms with van der Waals surface area (Å²) in [4.78, 5) is 19.7. The molecule has 2 aromatic heterocycles. The number of aromatic nitrogens is 4. The van der Waals surface area contributed by atoms with Crippen molar-refractivity contribution in [1.82, 2.24) is 19.9 Å². The third-order valence-electron chi connectivity index (χ3n) is 5.94. The average molecular weight is 486 g/mol. The first-order chi connectivity index (χ1) is 17.7. The molecular formula is C28H35N7O. The molecule has 0 amide bonds. The Balaban J connectivity index is 1.53. The Hall–Kier alpha value is -3.94. The number of ether oxygens (including phenoxy) is 1. The average Bonchev–Trinajstić information content (AvgIpc) is 3.31. The zero-order chi connectivity index (χ0) is 25.2. The van der Waals surface area contributed by atoms with Crippen LogP contribution in [0, 0.1) is 0 Å². The van der Waals surface area contributed by atoms with Gasteiger partial charge in [-0.25, -0.2) is 5.43 Å². The standard InChI is InChI=1S/C28H35N7O/c1-4-16-35(17-5-2)28-32-26(13-9-12-21-10-7-6-8-11-21)31-27(33-28)34-30-20-22-19-29-25-15-14-23(36-3)18-24(22)25/h6-8,10-11,14-15,18-20,29H,4-5,9,12-13,16-17H2,1-3H3,(H,31,32,33,34)/b30-20+. The van der Waals surface area contributed by atoms with Crippen molar-refractivity contribution in [3.8, 4) is 5.75 Å².